The molecule has 3 nitrogen and oxygen atoms in total. The SMILES string of the molecule is CCCC(C)(CC(C)CO)C(=O)O. The van der Waals surface area contributed by atoms with E-state index in [4.69, 9.17) is 10.2 Å². The normalized spacial score (nSPS) is 17.8. The first-order valence-electron chi connectivity index (χ1n) is 4.80. The molecule has 2 atom stereocenters. The van der Waals surface area contributed by atoms with Gasteiger partial charge in [-0.15, -0.1) is 0 Å². The van der Waals surface area contributed by atoms with Crippen LogP contribution in [-0.4, -0.2) is 22.8 Å². The maximum atomic E-state index is 11.0. The summed E-state index contributed by atoms with van der Waals surface area (Å²) in [4.78, 5) is 11.0. The summed E-state index contributed by atoms with van der Waals surface area (Å²) in [6.45, 7) is 5.67. The van der Waals surface area contributed by atoms with Crippen LogP contribution < -0.4 is 0 Å². The highest BCUT2D eigenvalue weighted by atomic mass is 16.4. The highest BCUT2D eigenvalue weighted by Crippen LogP contribution is 2.31. The van der Waals surface area contributed by atoms with Crippen molar-refractivity contribution in [3.8, 4) is 0 Å². The first-order chi connectivity index (χ1) is 5.96. The molecule has 0 bridgehead atoms. The van der Waals surface area contributed by atoms with Crippen LogP contribution in [0.15, 0.2) is 0 Å². The summed E-state index contributed by atoms with van der Waals surface area (Å²) in [6.07, 6.45) is 2.08. The molecule has 2 unspecified atom stereocenters. The molecular formula is C10H20O3. The van der Waals surface area contributed by atoms with Crippen molar-refractivity contribution in [1.29, 1.82) is 0 Å². The Kier molecular flexibility index (Phi) is 4.99. The van der Waals surface area contributed by atoms with Gasteiger partial charge in [-0.2, -0.15) is 0 Å². The van der Waals surface area contributed by atoms with Crippen molar-refractivity contribution in [2.24, 2.45) is 11.3 Å². The van der Waals surface area contributed by atoms with Gasteiger partial charge in [0.15, 0.2) is 0 Å². The van der Waals surface area contributed by atoms with E-state index >= 15 is 0 Å². The molecule has 2 N–H and O–H groups in total. The minimum Gasteiger partial charge on any atom is -0.481 e. The molecule has 0 radical (unpaired) electrons. The Morgan fingerprint density at radius 3 is 2.38 bits per heavy atom. The van der Waals surface area contributed by atoms with Gasteiger partial charge >= 0.3 is 5.97 Å². The molecule has 0 amide bonds. The first-order valence-corrected chi connectivity index (χ1v) is 4.80. The molecule has 0 fully saturated rings. The number of carbonyl (C=O) groups is 1. The third kappa shape index (κ3) is 3.77. The second kappa shape index (κ2) is 5.22. The second-order valence-corrected chi connectivity index (χ2v) is 4.11. The Labute approximate surface area is 79.8 Å². The zero-order chi connectivity index (χ0) is 10.5. The lowest BCUT2D eigenvalue weighted by atomic mass is 9.78. The predicted molar refractivity (Wildman–Crippen MR) is 51.5 cm³/mol. The lowest BCUT2D eigenvalue weighted by molar-refractivity contribution is -0.149. The van der Waals surface area contributed by atoms with Crippen molar-refractivity contribution in [3.63, 3.8) is 0 Å². The van der Waals surface area contributed by atoms with Crippen LogP contribution in [0, 0.1) is 11.3 Å². The van der Waals surface area contributed by atoms with Gasteiger partial charge in [0, 0.05) is 6.61 Å². The van der Waals surface area contributed by atoms with Gasteiger partial charge in [-0.1, -0.05) is 20.3 Å². The van der Waals surface area contributed by atoms with Gasteiger partial charge in [-0.3, -0.25) is 4.79 Å². The van der Waals surface area contributed by atoms with Gasteiger partial charge in [0.25, 0.3) is 0 Å². The van der Waals surface area contributed by atoms with Crippen molar-refractivity contribution in [3.05, 3.63) is 0 Å². The van der Waals surface area contributed by atoms with E-state index in [2.05, 4.69) is 0 Å². The summed E-state index contributed by atoms with van der Waals surface area (Å²) in [5.41, 5.74) is -0.670. The molecule has 0 aromatic heterocycles. The minimum absolute atomic E-state index is 0.0621. The zero-order valence-corrected chi connectivity index (χ0v) is 8.71. The summed E-state index contributed by atoms with van der Waals surface area (Å²) in [6, 6.07) is 0. The third-order valence-electron chi connectivity index (χ3n) is 2.43. The molecule has 0 heterocycles. The van der Waals surface area contributed by atoms with Crippen LogP contribution in [0.3, 0.4) is 0 Å². The van der Waals surface area contributed by atoms with Gasteiger partial charge in [-0.25, -0.2) is 0 Å². The van der Waals surface area contributed by atoms with Crippen LogP contribution in [0.4, 0.5) is 0 Å². The number of hydrogen-bond acceptors (Lipinski definition) is 2. The van der Waals surface area contributed by atoms with Crippen molar-refractivity contribution >= 4 is 5.97 Å². The maximum absolute atomic E-state index is 11.0. The molecule has 0 rings (SSSR count). The molecule has 0 aromatic rings. The molecule has 0 spiro atoms. The third-order valence-corrected chi connectivity index (χ3v) is 2.43. The minimum atomic E-state index is -0.755. The lowest BCUT2D eigenvalue weighted by Gasteiger charge is -2.26. The Morgan fingerprint density at radius 2 is 2.08 bits per heavy atom. The van der Waals surface area contributed by atoms with Gasteiger partial charge in [0.1, 0.15) is 0 Å². The number of hydrogen-bond donors (Lipinski definition) is 2. The molecule has 0 aromatic carbocycles. The predicted octanol–water partition coefficient (Wildman–Crippen LogP) is 1.90. The standard InChI is InChI=1S/C10H20O3/c1-4-5-10(3,9(12)13)6-8(2)7-11/h8,11H,4-7H2,1-3H3,(H,12,13). The molecule has 3 heteroatoms. The number of aliphatic carboxylic acids is 1. The average Bonchev–Trinajstić information content (AvgIpc) is 2.04. The fourth-order valence-corrected chi connectivity index (χ4v) is 1.68. The maximum Gasteiger partial charge on any atom is 0.309 e. The highest BCUT2D eigenvalue weighted by Gasteiger charge is 2.33. The Balaban J connectivity index is 4.32. The van der Waals surface area contributed by atoms with Crippen molar-refractivity contribution in [2.45, 2.75) is 40.0 Å². The van der Waals surface area contributed by atoms with Crippen LogP contribution >= 0.6 is 0 Å². The number of aliphatic hydroxyl groups is 1. The monoisotopic (exact) mass is 188 g/mol. The topological polar surface area (TPSA) is 57.5 Å². The smallest absolute Gasteiger partial charge is 0.309 e. The second-order valence-electron chi connectivity index (χ2n) is 4.11. The Morgan fingerprint density at radius 1 is 1.54 bits per heavy atom. The summed E-state index contributed by atoms with van der Waals surface area (Å²) >= 11 is 0. The number of rotatable bonds is 6. The lowest BCUT2D eigenvalue weighted by Crippen LogP contribution is -2.30. The highest BCUT2D eigenvalue weighted by molar-refractivity contribution is 5.74. The van der Waals surface area contributed by atoms with E-state index in [0.717, 1.165) is 6.42 Å². The first kappa shape index (κ1) is 12.4. The van der Waals surface area contributed by atoms with E-state index in [0.29, 0.717) is 12.8 Å². The Bertz CT molecular complexity index is 168. The summed E-state index contributed by atoms with van der Waals surface area (Å²) in [5.74, 6) is -0.692. The molecule has 0 aliphatic carbocycles. The van der Waals surface area contributed by atoms with Crippen molar-refractivity contribution in [1.82, 2.24) is 0 Å². The van der Waals surface area contributed by atoms with E-state index < -0.39 is 11.4 Å². The van der Waals surface area contributed by atoms with Gasteiger partial charge in [0.2, 0.25) is 0 Å². The van der Waals surface area contributed by atoms with Gasteiger partial charge in [-0.05, 0) is 25.7 Å². The summed E-state index contributed by atoms with van der Waals surface area (Å²) in [7, 11) is 0. The van der Waals surface area contributed by atoms with E-state index in [1.54, 1.807) is 6.92 Å². The number of carboxylic acid groups (broad SMARTS) is 1. The van der Waals surface area contributed by atoms with Gasteiger partial charge in [0.05, 0.1) is 5.41 Å². The van der Waals surface area contributed by atoms with E-state index in [-0.39, 0.29) is 12.5 Å². The number of aliphatic hydroxyl groups excluding tert-OH is 1. The number of carboxylic acids is 1. The van der Waals surface area contributed by atoms with Crippen molar-refractivity contribution < 1.29 is 15.0 Å². The van der Waals surface area contributed by atoms with E-state index in [9.17, 15) is 4.79 Å². The molecule has 0 saturated heterocycles. The average molecular weight is 188 g/mol. The fourth-order valence-electron chi connectivity index (χ4n) is 1.68. The van der Waals surface area contributed by atoms with Crippen LogP contribution in [-0.2, 0) is 4.79 Å². The molecular weight excluding hydrogens is 168 g/mol. The molecule has 0 saturated carbocycles. The van der Waals surface area contributed by atoms with E-state index in [1.807, 2.05) is 13.8 Å². The summed E-state index contributed by atoms with van der Waals surface area (Å²) in [5, 5.41) is 17.9. The zero-order valence-electron chi connectivity index (χ0n) is 8.71. The van der Waals surface area contributed by atoms with Crippen LogP contribution in [0.5, 0.6) is 0 Å². The van der Waals surface area contributed by atoms with Crippen LogP contribution in [0.2, 0.25) is 0 Å². The molecule has 0 aliphatic rings. The van der Waals surface area contributed by atoms with E-state index in [1.165, 1.54) is 0 Å². The molecule has 0 aliphatic heterocycles. The van der Waals surface area contributed by atoms with Crippen LogP contribution in [0.25, 0.3) is 0 Å². The van der Waals surface area contributed by atoms with Crippen LogP contribution in [0.1, 0.15) is 40.0 Å². The van der Waals surface area contributed by atoms with Gasteiger partial charge < -0.3 is 10.2 Å². The Hall–Kier alpha value is -0.570. The summed E-state index contributed by atoms with van der Waals surface area (Å²) < 4.78 is 0. The molecule has 13 heavy (non-hydrogen) atoms. The fraction of sp³-hybridized carbons (Fsp3) is 0.900. The quantitative estimate of drug-likeness (QED) is 0.669. The largest absolute Gasteiger partial charge is 0.481 e. The van der Waals surface area contributed by atoms with Crippen molar-refractivity contribution in [2.75, 3.05) is 6.61 Å². The molecule has 78 valence electrons.